The maximum absolute atomic E-state index is 11.9. The van der Waals surface area contributed by atoms with Crippen LogP contribution in [0.2, 0.25) is 0 Å². The van der Waals surface area contributed by atoms with Gasteiger partial charge in [0.05, 0.1) is 18.9 Å². The van der Waals surface area contributed by atoms with Gasteiger partial charge in [-0.1, -0.05) is 0 Å². The summed E-state index contributed by atoms with van der Waals surface area (Å²) in [5.41, 5.74) is 0. The van der Waals surface area contributed by atoms with Gasteiger partial charge < -0.3 is 9.64 Å². The van der Waals surface area contributed by atoms with Crippen molar-refractivity contribution in [3.05, 3.63) is 5.82 Å². The summed E-state index contributed by atoms with van der Waals surface area (Å²) in [5, 5.41) is 9.05. The van der Waals surface area contributed by atoms with Crippen LogP contribution >= 0.6 is 0 Å². The fourth-order valence-electron chi connectivity index (χ4n) is 4.06. The van der Waals surface area contributed by atoms with Gasteiger partial charge in [0.2, 0.25) is 16.0 Å². The molecule has 1 aromatic rings. The van der Waals surface area contributed by atoms with Crippen LogP contribution in [0.3, 0.4) is 0 Å². The maximum Gasteiger partial charge on any atom is 0.227 e. The van der Waals surface area contributed by atoms with Crippen molar-refractivity contribution in [1.82, 2.24) is 19.1 Å². The second-order valence-electron chi connectivity index (χ2n) is 8.17. The Morgan fingerprint density at radius 2 is 1.89 bits per heavy atom. The molecule has 0 amide bonds. The summed E-state index contributed by atoms with van der Waals surface area (Å²) in [6, 6.07) is 0. The largest absolute Gasteiger partial charge is 0.376 e. The summed E-state index contributed by atoms with van der Waals surface area (Å²) in [5.74, 6) is 2.69. The van der Waals surface area contributed by atoms with Gasteiger partial charge in [-0.15, -0.1) is 10.2 Å². The van der Waals surface area contributed by atoms with E-state index in [1.54, 1.807) is 4.31 Å². The molecule has 1 aliphatic carbocycles. The summed E-state index contributed by atoms with van der Waals surface area (Å²) >= 11 is 0. The molecule has 0 N–H and O–H groups in total. The number of hydrogen-bond donors (Lipinski definition) is 0. The lowest BCUT2D eigenvalue weighted by Crippen LogP contribution is -2.36. The number of rotatable bonds is 6. The molecule has 2 saturated heterocycles. The Balaban J connectivity index is 1.52. The minimum absolute atomic E-state index is 0.228. The lowest BCUT2D eigenvalue weighted by molar-refractivity contribution is 0.00567. The molecular formula is C18H31N5O3S. The van der Waals surface area contributed by atoms with Gasteiger partial charge in [0.1, 0.15) is 5.82 Å². The first-order chi connectivity index (χ1) is 13.0. The first-order valence-corrected chi connectivity index (χ1v) is 12.1. The highest BCUT2D eigenvalue weighted by Crippen LogP contribution is 2.33. The Bertz CT molecular complexity index is 740. The smallest absolute Gasteiger partial charge is 0.227 e. The van der Waals surface area contributed by atoms with E-state index in [4.69, 9.17) is 4.74 Å². The van der Waals surface area contributed by atoms with Gasteiger partial charge in [0.15, 0.2) is 0 Å². The van der Waals surface area contributed by atoms with Gasteiger partial charge >= 0.3 is 0 Å². The Morgan fingerprint density at radius 3 is 2.59 bits per heavy atom. The van der Waals surface area contributed by atoms with Gasteiger partial charge in [0.25, 0.3) is 0 Å². The van der Waals surface area contributed by atoms with Crippen LogP contribution < -0.4 is 4.90 Å². The summed E-state index contributed by atoms with van der Waals surface area (Å²) in [6.45, 7) is 4.18. The van der Waals surface area contributed by atoms with Crippen LogP contribution in [-0.4, -0.2) is 72.6 Å². The van der Waals surface area contributed by atoms with Crippen molar-refractivity contribution in [3.63, 3.8) is 0 Å². The monoisotopic (exact) mass is 397 g/mol. The molecule has 4 rings (SSSR count). The third-order valence-corrected chi connectivity index (χ3v) is 7.15. The minimum Gasteiger partial charge on any atom is -0.376 e. The van der Waals surface area contributed by atoms with Crippen LogP contribution in [0.1, 0.15) is 44.3 Å². The van der Waals surface area contributed by atoms with Gasteiger partial charge in [-0.05, 0) is 44.4 Å². The fourth-order valence-corrected chi connectivity index (χ4v) is 4.93. The average Bonchev–Trinajstić information content (AvgIpc) is 3.41. The predicted octanol–water partition coefficient (Wildman–Crippen LogP) is 1.27. The molecule has 3 fully saturated rings. The molecule has 3 heterocycles. The molecule has 1 atom stereocenters. The molecule has 3 aliphatic rings. The van der Waals surface area contributed by atoms with E-state index >= 15 is 0 Å². The molecule has 8 nitrogen and oxygen atoms in total. The molecule has 0 aromatic carbocycles. The van der Waals surface area contributed by atoms with E-state index in [9.17, 15) is 8.42 Å². The zero-order valence-corrected chi connectivity index (χ0v) is 17.0. The predicted molar refractivity (Wildman–Crippen MR) is 103 cm³/mol. The van der Waals surface area contributed by atoms with E-state index in [1.807, 2.05) is 0 Å². The molecule has 152 valence electrons. The zero-order chi connectivity index (χ0) is 18.9. The van der Waals surface area contributed by atoms with E-state index in [0.717, 1.165) is 63.1 Å². The summed E-state index contributed by atoms with van der Waals surface area (Å²) in [6.07, 6.45) is 9.33. The molecule has 1 unspecified atom stereocenters. The molecule has 1 aromatic heterocycles. The SMILES string of the molecule is CS(=O)(=O)N1CCCN(c2nnc(CC3CC3)n2CC2CCCCO2)CC1. The van der Waals surface area contributed by atoms with Gasteiger partial charge in [-0.2, -0.15) is 0 Å². The van der Waals surface area contributed by atoms with Crippen LogP contribution in [-0.2, 0) is 27.7 Å². The van der Waals surface area contributed by atoms with Crippen molar-refractivity contribution >= 4 is 16.0 Å². The number of ether oxygens (including phenoxy) is 1. The van der Waals surface area contributed by atoms with Crippen LogP contribution in [0.15, 0.2) is 0 Å². The highest BCUT2D eigenvalue weighted by atomic mass is 32.2. The van der Waals surface area contributed by atoms with E-state index in [2.05, 4.69) is 19.7 Å². The number of nitrogens with zero attached hydrogens (tertiary/aromatic N) is 5. The normalized spacial score (nSPS) is 25.5. The Hall–Kier alpha value is -1.19. The number of anilines is 1. The molecule has 0 bridgehead atoms. The second-order valence-corrected chi connectivity index (χ2v) is 10.1. The molecule has 27 heavy (non-hydrogen) atoms. The first-order valence-electron chi connectivity index (χ1n) is 10.2. The number of aromatic nitrogens is 3. The van der Waals surface area contributed by atoms with E-state index < -0.39 is 10.0 Å². The number of sulfonamides is 1. The van der Waals surface area contributed by atoms with Gasteiger partial charge in [-0.25, -0.2) is 12.7 Å². The average molecular weight is 398 g/mol. The third kappa shape index (κ3) is 4.81. The van der Waals surface area contributed by atoms with Crippen molar-refractivity contribution < 1.29 is 13.2 Å². The first kappa shape index (κ1) is 19.1. The van der Waals surface area contributed by atoms with Crippen molar-refractivity contribution in [2.24, 2.45) is 5.92 Å². The third-order valence-electron chi connectivity index (χ3n) is 5.84. The van der Waals surface area contributed by atoms with Crippen molar-refractivity contribution in [2.75, 3.05) is 43.9 Å². The standard InChI is InChI=1S/C18H31N5O3S/c1-27(24,25)22-9-4-8-21(10-11-22)18-20-19-17(13-15-6-7-15)23(18)14-16-5-2-3-12-26-16/h15-16H,2-14H2,1H3. The van der Waals surface area contributed by atoms with Gasteiger partial charge in [-0.3, -0.25) is 4.57 Å². The Labute approximate surface area is 161 Å². The van der Waals surface area contributed by atoms with Crippen molar-refractivity contribution in [2.45, 2.75) is 57.6 Å². The van der Waals surface area contributed by atoms with Crippen LogP contribution in [0.25, 0.3) is 0 Å². The highest BCUT2D eigenvalue weighted by Gasteiger charge is 2.29. The van der Waals surface area contributed by atoms with Crippen LogP contribution in [0.4, 0.5) is 5.95 Å². The topological polar surface area (TPSA) is 80.6 Å². The van der Waals surface area contributed by atoms with Crippen molar-refractivity contribution in [3.8, 4) is 0 Å². The molecule has 9 heteroatoms. The molecule has 2 aliphatic heterocycles. The zero-order valence-electron chi connectivity index (χ0n) is 16.2. The summed E-state index contributed by atoms with van der Waals surface area (Å²) < 4.78 is 33.6. The van der Waals surface area contributed by atoms with E-state index in [0.29, 0.717) is 19.6 Å². The lowest BCUT2D eigenvalue weighted by Gasteiger charge is -2.27. The van der Waals surface area contributed by atoms with E-state index in [-0.39, 0.29) is 6.10 Å². The Kier molecular flexibility index (Phi) is 5.70. The van der Waals surface area contributed by atoms with Crippen molar-refractivity contribution in [1.29, 1.82) is 0 Å². The van der Waals surface area contributed by atoms with Crippen LogP contribution in [0, 0.1) is 5.92 Å². The lowest BCUT2D eigenvalue weighted by atomic mass is 10.1. The van der Waals surface area contributed by atoms with E-state index in [1.165, 1.54) is 25.5 Å². The van der Waals surface area contributed by atoms with Gasteiger partial charge in [0, 0.05) is 39.2 Å². The summed E-state index contributed by atoms with van der Waals surface area (Å²) in [4.78, 5) is 2.21. The quantitative estimate of drug-likeness (QED) is 0.719. The number of hydrogen-bond acceptors (Lipinski definition) is 6. The maximum atomic E-state index is 11.9. The van der Waals surface area contributed by atoms with Crippen LogP contribution in [0.5, 0.6) is 0 Å². The molecule has 1 saturated carbocycles. The summed E-state index contributed by atoms with van der Waals surface area (Å²) in [7, 11) is -3.15. The Morgan fingerprint density at radius 1 is 1.04 bits per heavy atom. The fraction of sp³-hybridized carbons (Fsp3) is 0.889. The minimum atomic E-state index is -3.15. The molecule has 0 radical (unpaired) electrons. The second kappa shape index (κ2) is 8.05. The molecule has 0 spiro atoms. The highest BCUT2D eigenvalue weighted by molar-refractivity contribution is 7.88. The molecular weight excluding hydrogens is 366 g/mol.